The van der Waals surface area contributed by atoms with Crippen LogP contribution in [0.5, 0.6) is 0 Å². The quantitative estimate of drug-likeness (QED) is 0.777. The number of ether oxygens (including phenoxy) is 1. The van der Waals surface area contributed by atoms with Gasteiger partial charge in [0, 0.05) is 7.11 Å². The molecule has 1 aromatic rings. The van der Waals surface area contributed by atoms with E-state index in [1.807, 2.05) is 24.3 Å². The fourth-order valence-electron chi connectivity index (χ4n) is 2.81. The number of rotatable bonds is 3. The van der Waals surface area contributed by atoms with Crippen LogP contribution in [0.25, 0.3) is 0 Å². The molecule has 106 valence electrons. The number of methoxy groups -OCH3 is 1. The third-order valence-corrected chi connectivity index (χ3v) is 3.95. The van der Waals surface area contributed by atoms with Crippen LogP contribution in [0.15, 0.2) is 24.3 Å². The molecule has 1 nitrogen and oxygen atoms in total. The van der Waals surface area contributed by atoms with Crippen LogP contribution in [0.2, 0.25) is 0 Å². The molecule has 0 saturated heterocycles. The summed E-state index contributed by atoms with van der Waals surface area (Å²) in [6, 6.07) is 8.03. The fourth-order valence-corrected chi connectivity index (χ4v) is 2.81. The normalized spacial score (nSPS) is 24.4. The zero-order valence-corrected chi connectivity index (χ0v) is 11.0. The van der Waals surface area contributed by atoms with Crippen LogP contribution in [0, 0.1) is 5.92 Å². The average molecular weight is 272 g/mol. The van der Waals surface area contributed by atoms with Crippen LogP contribution >= 0.6 is 0 Å². The maximum atomic E-state index is 12.6. The van der Waals surface area contributed by atoms with Gasteiger partial charge in [0.15, 0.2) is 0 Å². The summed E-state index contributed by atoms with van der Waals surface area (Å²) < 4.78 is 42.8. The molecule has 0 aromatic heterocycles. The summed E-state index contributed by atoms with van der Waals surface area (Å²) in [7, 11) is 1.65. The topological polar surface area (TPSA) is 9.23 Å². The minimum absolute atomic E-state index is 0.258. The summed E-state index contributed by atoms with van der Waals surface area (Å²) in [5.41, 5.74) is 2.25. The summed E-state index contributed by atoms with van der Waals surface area (Å²) in [6.45, 7) is 0.571. The van der Waals surface area contributed by atoms with E-state index in [-0.39, 0.29) is 18.8 Å². The number of halogens is 3. The van der Waals surface area contributed by atoms with Gasteiger partial charge in [-0.1, -0.05) is 24.3 Å². The van der Waals surface area contributed by atoms with E-state index in [2.05, 4.69) is 0 Å². The molecule has 19 heavy (non-hydrogen) atoms. The maximum Gasteiger partial charge on any atom is 0.391 e. The fraction of sp³-hybridized carbons (Fsp3) is 0.600. The Morgan fingerprint density at radius 3 is 2.11 bits per heavy atom. The predicted molar refractivity (Wildman–Crippen MR) is 67.9 cm³/mol. The molecule has 0 radical (unpaired) electrons. The third kappa shape index (κ3) is 3.72. The van der Waals surface area contributed by atoms with Crippen LogP contribution in [-0.4, -0.2) is 13.3 Å². The Labute approximate surface area is 111 Å². The molecule has 0 atom stereocenters. The smallest absolute Gasteiger partial charge is 0.380 e. The van der Waals surface area contributed by atoms with Crippen molar-refractivity contribution in [3.05, 3.63) is 35.4 Å². The van der Waals surface area contributed by atoms with Crippen molar-refractivity contribution in [3.8, 4) is 0 Å². The van der Waals surface area contributed by atoms with Gasteiger partial charge in [-0.25, -0.2) is 0 Å². The average Bonchev–Trinajstić information content (AvgIpc) is 2.39. The van der Waals surface area contributed by atoms with E-state index in [9.17, 15) is 13.2 Å². The van der Waals surface area contributed by atoms with E-state index in [1.54, 1.807) is 7.11 Å². The highest BCUT2D eigenvalue weighted by Gasteiger charge is 2.41. The molecule has 0 bridgehead atoms. The van der Waals surface area contributed by atoms with Gasteiger partial charge in [0.2, 0.25) is 0 Å². The Bertz CT molecular complexity index is 389. The van der Waals surface area contributed by atoms with Crippen LogP contribution in [-0.2, 0) is 11.3 Å². The van der Waals surface area contributed by atoms with Gasteiger partial charge < -0.3 is 4.74 Å². The van der Waals surface area contributed by atoms with Crippen molar-refractivity contribution >= 4 is 0 Å². The van der Waals surface area contributed by atoms with Crippen molar-refractivity contribution in [2.45, 2.75) is 44.4 Å². The Morgan fingerprint density at radius 2 is 1.63 bits per heavy atom. The second-order valence-electron chi connectivity index (χ2n) is 5.26. The minimum atomic E-state index is -4.02. The molecule has 0 spiro atoms. The highest BCUT2D eigenvalue weighted by Crippen LogP contribution is 2.42. The molecule has 2 rings (SSSR count). The van der Waals surface area contributed by atoms with Gasteiger partial charge in [0.25, 0.3) is 0 Å². The number of hydrogen-bond donors (Lipinski definition) is 0. The molecule has 1 aromatic carbocycles. The first-order chi connectivity index (χ1) is 9.00. The Balaban J connectivity index is 1.94. The molecule has 1 aliphatic rings. The first-order valence-electron chi connectivity index (χ1n) is 6.65. The van der Waals surface area contributed by atoms with Gasteiger partial charge in [0.1, 0.15) is 0 Å². The van der Waals surface area contributed by atoms with Crippen molar-refractivity contribution in [3.63, 3.8) is 0 Å². The zero-order chi connectivity index (χ0) is 13.9. The lowest BCUT2D eigenvalue weighted by Crippen LogP contribution is -2.27. The van der Waals surface area contributed by atoms with Crippen LogP contribution < -0.4 is 0 Å². The lowest BCUT2D eigenvalue weighted by Gasteiger charge is -2.30. The summed E-state index contributed by atoms with van der Waals surface area (Å²) in [5.74, 6) is -0.827. The molecule has 0 aliphatic heterocycles. The van der Waals surface area contributed by atoms with E-state index in [1.165, 1.54) is 0 Å². The van der Waals surface area contributed by atoms with Crippen molar-refractivity contribution in [1.29, 1.82) is 0 Å². The number of alkyl halides is 3. The Morgan fingerprint density at radius 1 is 1.05 bits per heavy atom. The minimum Gasteiger partial charge on any atom is -0.380 e. The largest absolute Gasteiger partial charge is 0.391 e. The molecule has 1 fully saturated rings. The van der Waals surface area contributed by atoms with Crippen LogP contribution in [0.3, 0.4) is 0 Å². The second kappa shape index (κ2) is 5.95. The molecular formula is C15H19F3O. The van der Waals surface area contributed by atoms with Gasteiger partial charge in [-0.05, 0) is 42.7 Å². The van der Waals surface area contributed by atoms with Crippen molar-refractivity contribution < 1.29 is 17.9 Å². The number of hydrogen-bond acceptors (Lipinski definition) is 1. The molecule has 4 heteroatoms. The summed E-state index contributed by atoms with van der Waals surface area (Å²) in [5, 5.41) is 0. The third-order valence-electron chi connectivity index (χ3n) is 3.95. The molecule has 1 saturated carbocycles. The molecular weight excluding hydrogens is 253 g/mol. The molecule has 0 amide bonds. The molecule has 0 unspecified atom stereocenters. The van der Waals surface area contributed by atoms with Crippen molar-refractivity contribution in [2.24, 2.45) is 5.92 Å². The van der Waals surface area contributed by atoms with Gasteiger partial charge in [-0.15, -0.1) is 0 Å². The summed E-state index contributed by atoms with van der Waals surface area (Å²) in [6.07, 6.45) is -2.24. The standard InChI is InChI=1S/C15H19F3O/c1-19-10-11-2-4-12(5-3-11)13-6-8-14(9-7-13)15(16,17)18/h2-5,13-14H,6-10H2,1H3. The van der Waals surface area contributed by atoms with Gasteiger partial charge in [-0.2, -0.15) is 13.2 Å². The van der Waals surface area contributed by atoms with Gasteiger partial charge >= 0.3 is 6.18 Å². The monoisotopic (exact) mass is 272 g/mol. The highest BCUT2D eigenvalue weighted by molar-refractivity contribution is 5.25. The summed E-state index contributed by atoms with van der Waals surface area (Å²) in [4.78, 5) is 0. The molecule has 0 N–H and O–H groups in total. The van der Waals surface area contributed by atoms with Crippen molar-refractivity contribution in [2.75, 3.05) is 7.11 Å². The van der Waals surface area contributed by atoms with Crippen LogP contribution in [0.4, 0.5) is 13.2 Å². The van der Waals surface area contributed by atoms with E-state index < -0.39 is 12.1 Å². The van der Waals surface area contributed by atoms with Crippen molar-refractivity contribution in [1.82, 2.24) is 0 Å². The first-order valence-corrected chi connectivity index (χ1v) is 6.65. The van der Waals surface area contributed by atoms with E-state index in [4.69, 9.17) is 4.74 Å². The summed E-state index contributed by atoms with van der Waals surface area (Å²) >= 11 is 0. The van der Waals surface area contributed by atoms with E-state index in [0.29, 0.717) is 19.4 Å². The number of benzene rings is 1. The first kappa shape index (κ1) is 14.4. The predicted octanol–water partition coefficient (Wildman–Crippen LogP) is 4.67. The maximum absolute atomic E-state index is 12.6. The lowest BCUT2D eigenvalue weighted by atomic mass is 9.78. The molecule has 1 aliphatic carbocycles. The van der Waals surface area contributed by atoms with E-state index in [0.717, 1.165) is 11.1 Å². The van der Waals surface area contributed by atoms with Gasteiger partial charge in [0.05, 0.1) is 12.5 Å². The molecule has 0 heterocycles. The lowest BCUT2D eigenvalue weighted by molar-refractivity contribution is -0.182. The zero-order valence-electron chi connectivity index (χ0n) is 11.0. The second-order valence-corrected chi connectivity index (χ2v) is 5.26. The SMILES string of the molecule is COCc1ccc(C2CCC(C(F)(F)F)CC2)cc1. The van der Waals surface area contributed by atoms with E-state index >= 15 is 0 Å². The Hall–Kier alpha value is -1.03. The van der Waals surface area contributed by atoms with Gasteiger partial charge in [-0.3, -0.25) is 0 Å². The Kier molecular flexibility index (Phi) is 4.50. The van der Waals surface area contributed by atoms with Crippen LogP contribution in [0.1, 0.15) is 42.7 Å². The highest BCUT2D eigenvalue weighted by atomic mass is 19.4.